The Balaban J connectivity index is 1.55. The molecule has 1 atom stereocenters. The maximum absolute atomic E-state index is 12.2. The number of sulfone groups is 1. The molecule has 0 spiro atoms. The third-order valence-corrected chi connectivity index (χ3v) is 7.46. The Hall–Kier alpha value is -2.16. The molecule has 1 N–H and O–H groups in total. The molecule has 0 saturated carbocycles. The molecule has 0 aliphatic carbocycles. The highest BCUT2D eigenvalue weighted by molar-refractivity contribution is 7.99. The molecule has 29 heavy (non-hydrogen) atoms. The van der Waals surface area contributed by atoms with Crippen LogP contribution in [0.3, 0.4) is 0 Å². The van der Waals surface area contributed by atoms with E-state index in [0.717, 1.165) is 22.2 Å². The third-order valence-electron chi connectivity index (χ3n) is 4.61. The lowest BCUT2D eigenvalue weighted by atomic mass is 10.1. The number of fused-ring (bicyclic) bond motifs is 1. The number of nitrogens with one attached hydrogen (secondary N) is 1. The first-order valence-electron chi connectivity index (χ1n) is 9.05. The Kier molecular flexibility index (Phi) is 5.76. The van der Waals surface area contributed by atoms with Gasteiger partial charge in [-0.1, -0.05) is 53.7 Å². The second-order valence-corrected chi connectivity index (χ2v) is 10.4. The van der Waals surface area contributed by atoms with Gasteiger partial charge >= 0.3 is 0 Å². The second kappa shape index (κ2) is 8.30. The molecule has 6 nitrogen and oxygen atoms in total. The molecule has 1 amide bonds. The molecule has 1 aliphatic rings. The van der Waals surface area contributed by atoms with Crippen LogP contribution in [0.25, 0.3) is 22.2 Å². The number of halogens is 1. The molecule has 9 heteroatoms. The Bertz CT molecular complexity index is 1170. The normalized spacial score (nSPS) is 18.0. The molecule has 2 aromatic carbocycles. The lowest BCUT2D eigenvalue weighted by Crippen LogP contribution is -2.36. The number of benzene rings is 2. The van der Waals surface area contributed by atoms with Crippen LogP contribution in [-0.2, 0) is 14.6 Å². The number of hydrogen-bond donors (Lipinski definition) is 1. The summed E-state index contributed by atoms with van der Waals surface area (Å²) < 4.78 is 23.1. The van der Waals surface area contributed by atoms with Gasteiger partial charge in [-0.05, 0) is 24.6 Å². The summed E-state index contributed by atoms with van der Waals surface area (Å²) in [4.78, 5) is 21.4. The first-order chi connectivity index (χ1) is 13.9. The van der Waals surface area contributed by atoms with Gasteiger partial charge in [0.15, 0.2) is 15.0 Å². The van der Waals surface area contributed by atoms with Gasteiger partial charge in [0.2, 0.25) is 5.91 Å². The predicted molar refractivity (Wildman–Crippen MR) is 116 cm³/mol. The fourth-order valence-electron chi connectivity index (χ4n) is 3.27. The molecule has 3 aromatic rings. The van der Waals surface area contributed by atoms with Crippen molar-refractivity contribution in [2.75, 3.05) is 17.3 Å². The fraction of sp³-hybridized carbons (Fsp3) is 0.250. The highest BCUT2D eigenvalue weighted by Crippen LogP contribution is 2.30. The molecule has 1 saturated heterocycles. The molecule has 4 rings (SSSR count). The maximum atomic E-state index is 12.2. The lowest BCUT2D eigenvalue weighted by molar-refractivity contribution is -0.119. The molecule has 0 radical (unpaired) electrons. The highest BCUT2D eigenvalue weighted by Gasteiger charge is 2.28. The van der Waals surface area contributed by atoms with E-state index in [4.69, 9.17) is 11.6 Å². The summed E-state index contributed by atoms with van der Waals surface area (Å²) in [5.74, 6) is 0.0266. The van der Waals surface area contributed by atoms with Gasteiger partial charge in [0, 0.05) is 22.0 Å². The molecule has 1 fully saturated rings. The summed E-state index contributed by atoms with van der Waals surface area (Å²) in [5.41, 5.74) is 2.43. The van der Waals surface area contributed by atoms with Gasteiger partial charge in [-0.2, -0.15) is 0 Å². The third kappa shape index (κ3) is 4.88. The first-order valence-corrected chi connectivity index (χ1v) is 12.2. The molecule has 0 bridgehead atoms. The van der Waals surface area contributed by atoms with Crippen LogP contribution < -0.4 is 5.32 Å². The Morgan fingerprint density at radius 1 is 1.17 bits per heavy atom. The van der Waals surface area contributed by atoms with Crippen molar-refractivity contribution < 1.29 is 13.2 Å². The van der Waals surface area contributed by atoms with E-state index < -0.39 is 9.84 Å². The van der Waals surface area contributed by atoms with Crippen LogP contribution in [0, 0.1) is 0 Å². The summed E-state index contributed by atoms with van der Waals surface area (Å²) >= 11 is 7.39. The number of thioether (sulfide) groups is 1. The molecule has 2 heterocycles. The summed E-state index contributed by atoms with van der Waals surface area (Å²) in [6.45, 7) is 0. The number of amides is 1. The van der Waals surface area contributed by atoms with Crippen LogP contribution in [0.2, 0.25) is 5.02 Å². The van der Waals surface area contributed by atoms with E-state index in [-0.39, 0.29) is 29.2 Å². The van der Waals surface area contributed by atoms with E-state index in [1.54, 1.807) is 6.07 Å². The van der Waals surface area contributed by atoms with Crippen molar-refractivity contribution in [3.63, 3.8) is 0 Å². The smallest absolute Gasteiger partial charge is 0.230 e. The van der Waals surface area contributed by atoms with E-state index >= 15 is 0 Å². The van der Waals surface area contributed by atoms with Gasteiger partial charge in [0.05, 0.1) is 28.5 Å². The van der Waals surface area contributed by atoms with Crippen molar-refractivity contribution >= 4 is 50.0 Å². The largest absolute Gasteiger partial charge is 0.352 e. The number of aromatic nitrogens is 2. The van der Waals surface area contributed by atoms with Crippen LogP contribution in [0.15, 0.2) is 53.7 Å². The number of carbonyl (C=O) groups excluding carboxylic acids is 1. The standard InChI is InChI=1S/C20H18ClN3O3S2/c21-14-6-7-17-16(10-14)19(13-4-2-1-3-5-13)24-20(23-17)28-11-18(25)22-15-8-9-29(26,27)12-15/h1-7,10,15H,8-9,11-12H2,(H,22,25)/t15-/m1/s1. The van der Waals surface area contributed by atoms with Crippen molar-refractivity contribution in [3.8, 4) is 11.3 Å². The Morgan fingerprint density at radius 2 is 1.97 bits per heavy atom. The molecule has 0 unspecified atom stereocenters. The SMILES string of the molecule is O=C(CSc1nc(-c2ccccc2)c2cc(Cl)ccc2n1)N[C@@H]1CCS(=O)(=O)C1. The van der Waals surface area contributed by atoms with Crippen LogP contribution in [0.1, 0.15) is 6.42 Å². The van der Waals surface area contributed by atoms with Crippen molar-refractivity contribution in [1.82, 2.24) is 15.3 Å². The summed E-state index contributed by atoms with van der Waals surface area (Å²) in [7, 11) is -3.03. The molecular weight excluding hydrogens is 430 g/mol. The van der Waals surface area contributed by atoms with Gasteiger partial charge in [0.25, 0.3) is 0 Å². The molecule has 150 valence electrons. The fourth-order valence-corrected chi connectivity index (χ4v) is 5.78. The van der Waals surface area contributed by atoms with Crippen LogP contribution >= 0.6 is 23.4 Å². The first kappa shape index (κ1) is 20.1. The molecule has 1 aliphatic heterocycles. The number of hydrogen-bond acceptors (Lipinski definition) is 6. The highest BCUT2D eigenvalue weighted by atomic mass is 35.5. The van der Waals surface area contributed by atoms with Crippen molar-refractivity contribution in [2.45, 2.75) is 17.6 Å². The zero-order valence-corrected chi connectivity index (χ0v) is 17.7. The van der Waals surface area contributed by atoms with Crippen molar-refractivity contribution in [2.24, 2.45) is 0 Å². The van der Waals surface area contributed by atoms with Gasteiger partial charge in [-0.25, -0.2) is 18.4 Å². The second-order valence-electron chi connectivity index (χ2n) is 6.84. The van der Waals surface area contributed by atoms with Gasteiger partial charge in [0.1, 0.15) is 0 Å². The van der Waals surface area contributed by atoms with Gasteiger partial charge in [-0.3, -0.25) is 4.79 Å². The summed E-state index contributed by atoms with van der Waals surface area (Å²) in [5, 5.41) is 4.71. The van der Waals surface area contributed by atoms with E-state index in [0.29, 0.717) is 16.6 Å². The number of rotatable bonds is 5. The minimum absolute atomic E-state index is 0.00873. The average molecular weight is 448 g/mol. The molecule has 1 aromatic heterocycles. The Morgan fingerprint density at radius 3 is 2.69 bits per heavy atom. The van der Waals surface area contributed by atoms with Crippen molar-refractivity contribution in [3.05, 3.63) is 53.6 Å². The lowest BCUT2D eigenvalue weighted by Gasteiger charge is -2.11. The maximum Gasteiger partial charge on any atom is 0.230 e. The topological polar surface area (TPSA) is 89.0 Å². The van der Waals surface area contributed by atoms with Crippen LogP contribution in [-0.4, -0.2) is 47.6 Å². The van der Waals surface area contributed by atoms with E-state index in [9.17, 15) is 13.2 Å². The quantitative estimate of drug-likeness (QED) is 0.476. The monoisotopic (exact) mass is 447 g/mol. The average Bonchev–Trinajstić information content (AvgIpc) is 3.04. The number of nitrogens with zero attached hydrogens (tertiary/aromatic N) is 2. The number of carbonyl (C=O) groups is 1. The summed E-state index contributed by atoms with van der Waals surface area (Å²) in [6.07, 6.45) is 0.462. The minimum atomic E-state index is -3.03. The van der Waals surface area contributed by atoms with Crippen LogP contribution in [0.4, 0.5) is 0 Å². The zero-order chi connectivity index (χ0) is 20.4. The van der Waals surface area contributed by atoms with Crippen molar-refractivity contribution in [1.29, 1.82) is 0 Å². The van der Waals surface area contributed by atoms with E-state index in [1.165, 1.54) is 11.8 Å². The Labute approximate surface area is 178 Å². The molecular formula is C20H18ClN3O3S2. The van der Waals surface area contributed by atoms with E-state index in [1.807, 2.05) is 42.5 Å². The van der Waals surface area contributed by atoms with Crippen LogP contribution in [0.5, 0.6) is 0 Å². The zero-order valence-electron chi connectivity index (χ0n) is 15.3. The van der Waals surface area contributed by atoms with Gasteiger partial charge < -0.3 is 5.32 Å². The minimum Gasteiger partial charge on any atom is -0.352 e. The summed E-state index contributed by atoms with van der Waals surface area (Å²) in [6, 6.07) is 14.9. The predicted octanol–water partition coefficient (Wildman–Crippen LogP) is 3.35. The van der Waals surface area contributed by atoms with E-state index in [2.05, 4.69) is 15.3 Å². The van der Waals surface area contributed by atoms with Gasteiger partial charge in [-0.15, -0.1) is 0 Å².